The average Bonchev–Trinajstić information content (AvgIpc) is 2.91. The first-order valence-corrected chi connectivity index (χ1v) is 6.74. The molecule has 0 bridgehead atoms. The predicted octanol–water partition coefficient (Wildman–Crippen LogP) is 1.25. The first-order valence-electron chi connectivity index (χ1n) is 4.47. The molecule has 0 aromatic carbocycles. The SMILES string of the molecule is O=S(=O)(Nc1ccc(Br)nc1)NC1CC1. The highest BCUT2D eigenvalue weighted by Crippen LogP contribution is 2.20. The lowest BCUT2D eigenvalue weighted by Gasteiger charge is -2.07. The lowest BCUT2D eigenvalue weighted by Crippen LogP contribution is -2.31. The number of hydrogen-bond acceptors (Lipinski definition) is 3. The third kappa shape index (κ3) is 3.44. The summed E-state index contributed by atoms with van der Waals surface area (Å²) < 4.78 is 28.5. The molecule has 0 aliphatic heterocycles. The Labute approximate surface area is 96.6 Å². The summed E-state index contributed by atoms with van der Waals surface area (Å²) in [7, 11) is -3.44. The number of rotatable bonds is 4. The summed E-state index contributed by atoms with van der Waals surface area (Å²) in [6.07, 6.45) is 3.29. The van der Waals surface area contributed by atoms with Crippen molar-refractivity contribution in [3.8, 4) is 0 Å². The van der Waals surface area contributed by atoms with Crippen LogP contribution in [-0.2, 0) is 10.2 Å². The topological polar surface area (TPSA) is 71.1 Å². The van der Waals surface area contributed by atoms with E-state index in [0.29, 0.717) is 10.3 Å². The molecular weight excluding hydrogens is 282 g/mol. The molecule has 2 rings (SSSR count). The molecule has 5 nitrogen and oxygen atoms in total. The summed E-state index contributed by atoms with van der Waals surface area (Å²) in [5.41, 5.74) is 0.450. The highest BCUT2D eigenvalue weighted by molar-refractivity contribution is 9.10. The van der Waals surface area contributed by atoms with Crippen LogP contribution < -0.4 is 9.44 Å². The van der Waals surface area contributed by atoms with Crippen molar-refractivity contribution in [1.29, 1.82) is 0 Å². The summed E-state index contributed by atoms with van der Waals surface area (Å²) in [4.78, 5) is 3.92. The highest BCUT2D eigenvalue weighted by Gasteiger charge is 2.26. The molecule has 82 valence electrons. The summed E-state index contributed by atoms with van der Waals surface area (Å²) >= 11 is 3.17. The molecule has 0 spiro atoms. The Kier molecular flexibility index (Phi) is 2.94. The number of halogens is 1. The number of aromatic nitrogens is 1. The van der Waals surface area contributed by atoms with Gasteiger partial charge in [-0.1, -0.05) is 0 Å². The Balaban J connectivity index is 2.03. The zero-order chi connectivity index (χ0) is 10.9. The molecule has 1 aliphatic rings. The first-order chi connectivity index (χ1) is 7.05. The molecule has 2 N–H and O–H groups in total. The number of hydrogen-bond donors (Lipinski definition) is 2. The smallest absolute Gasteiger partial charge is 0.270 e. The molecule has 1 aromatic rings. The number of nitrogens with one attached hydrogen (secondary N) is 2. The maximum atomic E-state index is 11.5. The molecule has 1 fully saturated rings. The molecule has 0 radical (unpaired) electrons. The molecule has 15 heavy (non-hydrogen) atoms. The minimum absolute atomic E-state index is 0.103. The summed E-state index contributed by atoms with van der Waals surface area (Å²) in [6.45, 7) is 0. The Hall–Kier alpha value is -0.660. The number of nitrogens with zero attached hydrogens (tertiary/aromatic N) is 1. The van der Waals surface area contributed by atoms with Crippen molar-refractivity contribution in [3.63, 3.8) is 0 Å². The number of anilines is 1. The third-order valence-corrected chi connectivity index (χ3v) is 3.50. The fourth-order valence-corrected chi connectivity index (χ4v) is 2.44. The van der Waals surface area contributed by atoms with Gasteiger partial charge in [0.05, 0.1) is 11.9 Å². The van der Waals surface area contributed by atoms with Crippen molar-refractivity contribution in [2.45, 2.75) is 18.9 Å². The van der Waals surface area contributed by atoms with E-state index in [1.54, 1.807) is 12.1 Å². The van der Waals surface area contributed by atoms with Crippen LogP contribution in [0.3, 0.4) is 0 Å². The van der Waals surface area contributed by atoms with Gasteiger partial charge < -0.3 is 0 Å². The Bertz CT molecular complexity index is 441. The van der Waals surface area contributed by atoms with E-state index in [2.05, 4.69) is 30.4 Å². The van der Waals surface area contributed by atoms with Gasteiger partial charge in [-0.2, -0.15) is 13.1 Å². The van der Waals surface area contributed by atoms with Crippen molar-refractivity contribution in [3.05, 3.63) is 22.9 Å². The van der Waals surface area contributed by atoms with Crippen molar-refractivity contribution in [2.75, 3.05) is 4.72 Å². The van der Waals surface area contributed by atoms with E-state index in [1.807, 2.05) is 0 Å². The lowest BCUT2D eigenvalue weighted by atomic mass is 10.4. The highest BCUT2D eigenvalue weighted by atomic mass is 79.9. The zero-order valence-corrected chi connectivity index (χ0v) is 10.2. The van der Waals surface area contributed by atoms with Crippen LogP contribution in [0, 0.1) is 0 Å². The third-order valence-electron chi connectivity index (χ3n) is 1.88. The molecule has 0 amide bonds. The molecule has 0 unspecified atom stereocenters. The van der Waals surface area contributed by atoms with E-state index in [-0.39, 0.29) is 6.04 Å². The maximum Gasteiger partial charge on any atom is 0.299 e. The minimum Gasteiger partial charge on any atom is -0.270 e. The fraction of sp³-hybridized carbons (Fsp3) is 0.375. The Morgan fingerprint density at radius 3 is 2.67 bits per heavy atom. The van der Waals surface area contributed by atoms with Crippen molar-refractivity contribution in [1.82, 2.24) is 9.71 Å². The van der Waals surface area contributed by atoms with E-state index in [1.165, 1.54) is 6.20 Å². The second-order valence-electron chi connectivity index (χ2n) is 3.37. The second-order valence-corrected chi connectivity index (χ2v) is 5.63. The lowest BCUT2D eigenvalue weighted by molar-refractivity contribution is 0.586. The van der Waals surface area contributed by atoms with E-state index in [0.717, 1.165) is 12.8 Å². The fourth-order valence-electron chi connectivity index (χ4n) is 1.04. The monoisotopic (exact) mass is 291 g/mol. The van der Waals surface area contributed by atoms with Gasteiger partial charge >= 0.3 is 0 Å². The van der Waals surface area contributed by atoms with Crippen molar-refractivity contribution < 1.29 is 8.42 Å². The maximum absolute atomic E-state index is 11.5. The van der Waals surface area contributed by atoms with Gasteiger partial charge in [-0.3, -0.25) is 4.72 Å². The van der Waals surface area contributed by atoms with Crippen LogP contribution in [0.5, 0.6) is 0 Å². The Morgan fingerprint density at radius 2 is 2.13 bits per heavy atom. The second kappa shape index (κ2) is 4.07. The molecule has 7 heteroatoms. The molecule has 1 heterocycles. The predicted molar refractivity (Wildman–Crippen MR) is 60.6 cm³/mol. The number of pyridine rings is 1. The van der Waals surface area contributed by atoms with Gasteiger partial charge in [0, 0.05) is 6.04 Å². The van der Waals surface area contributed by atoms with Crippen LogP contribution in [-0.4, -0.2) is 19.4 Å². The van der Waals surface area contributed by atoms with Gasteiger partial charge in [-0.25, -0.2) is 4.98 Å². The largest absolute Gasteiger partial charge is 0.299 e. The van der Waals surface area contributed by atoms with Crippen LogP contribution in [0.15, 0.2) is 22.9 Å². The standard InChI is InChI=1S/C8H10BrN3O2S/c9-8-4-3-7(5-10-8)12-15(13,14)11-6-1-2-6/h3-6,11-12H,1-2H2. The van der Waals surface area contributed by atoms with Crippen LogP contribution in [0.2, 0.25) is 0 Å². The van der Waals surface area contributed by atoms with Gasteiger partial charge in [-0.15, -0.1) is 0 Å². The average molecular weight is 292 g/mol. The minimum atomic E-state index is -3.44. The molecule has 1 aliphatic carbocycles. The van der Waals surface area contributed by atoms with Crippen molar-refractivity contribution >= 4 is 31.8 Å². The molecular formula is C8H10BrN3O2S. The van der Waals surface area contributed by atoms with Gasteiger partial charge in [0.1, 0.15) is 4.60 Å². The van der Waals surface area contributed by atoms with Crippen LogP contribution in [0.4, 0.5) is 5.69 Å². The van der Waals surface area contributed by atoms with E-state index >= 15 is 0 Å². The van der Waals surface area contributed by atoms with E-state index in [9.17, 15) is 8.42 Å². The summed E-state index contributed by atoms with van der Waals surface area (Å²) in [5.74, 6) is 0. The van der Waals surface area contributed by atoms with Gasteiger partial charge in [0.2, 0.25) is 0 Å². The van der Waals surface area contributed by atoms with Crippen LogP contribution >= 0.6 is 15.9 Å². The normalized spacial score (nSPS) is 16.3. The van der Waals surface area contributed by atoms with Crippen LogP contribution in [0.1, 0.15) is 12.8 Å². The van der Waals surface area contributed by atoms with Gasteiger partial charge in [-0.05, 0) is 40.9 Å². The zero-order valence-electron chi connectivity index (χ0n) is 7.77. The summed E-state index contributed by atoms with van der Waals surface area (Å²) in [6, 6.07) is 3.42. The van der Waals surface area contributed by atoms with E-state index < -0.39 is 10.2 Å². The van der Waals surface area contributed by atoms with E-state index in [4.69, 9.17) is 0 Å². The Morgan fingerprint density at radius 1 is 1.40 bits per heavy atom. The molecule has 1 aromatic heterocycles. The van der Waals surface area contributed by atoms with Gasteiger partial charge in [0.25, 0.3) is 10.2 Å². The van der Waals surface area contributed by atoms with Crippen LogP contribution in [0.25, 0.3) is 0 Å². The summed E-state index contributed by atoms with van der Waals surface area (Å²) in [5, 5.41) is 0. The van der Waals surface area contributed by atoms with Crippen molar-refractivity contribution in [2.24, 2.45) is 0 Å². The molecule has 0 saturated heterocycles. The first kappa shape index (κ1) is 10.8. The van der Waals surface area contributed by atoms with Gasteiger partial charge in [0.15, 0.2) is 0 Å². The quantitative estimate of drug-likeness (QED) is 0.821. The molecule has 1 saturated carbocycles. The molecule has 0 atom stereocenters.